The zero-order valence-corrected chi connectivity index (χ0v) is 3.40. The summed E-state index contributed by atoms with van der Waals surface area (Å²) < 4.78 is 4.93. The van der Waals surface area contributed by atoms with Gasteiger partial charge in [0.25, 0.3) is 0 Å². The van der Waals surface area contributed by atoms with E-state index in [1.165, 1.54) is 6.42 Å². The fourth-order valence-corrected chi connectivity index (χ4v) is 0.354. The van der Waals surface area contributed by atoms with Crippen LogP contribution in [0.1, 0.15) is 13.3 Å². The van der Waals surface area contributed by atoms with Crippen LogP contribution in [-0.2, 0) is 4.74 Å². The highest BCUT2D eigenvalue weighted by Gasteiger charge is 2.09. The Hall–Kier alpha value is -0.0400. The van der Waals surface area contributed by atoms with Gasteiger partial charge in [-0.25, -0.2) is 0 Å². The minimum absolute atomic E-state index is 0.565. The molecule has 0 spiro atoms. The number of ether oxygens (including phenoxy) is 1. The Balaban J connectivity index is 2.08. The van der Waals surface area contributed by atoms with E-state index in [1.807, 2.05) is 0 Å². The largest absolute Gasteiger partial charge is 0.378 e. The number of rotatable bonds is 0. The standard InChI is InChI=1S/C4H8O/c1-4-2-3-5-4/h4H,2-3H2,1H3/t4-/m0/s1. The Morgan fingerprint density at radius 2 is 2.20 bits per heavy atom. The quantitative estimate of drug-likeness (QED) is 0.411. The summed E-state index contributed by atoms with van der Waals surface area (Å²) >= 11 is 0. The molecule has 1 aliphatic rings. The SMILES string of the molecule is C[C@H]1CCO1. The van der Waals surface area contributed by atoms with Crippen molar-refractivity contribution in [3.8, 4) is 0 Å². The third kappa shape index (κ3) is 0.428. The Kier molecular flexibility index (Phi) is 0.618. The average molecular weight is 72.1 g/mol. The van der Waals surface area contributed by atoms with Crippen LogP contribution in [0.3, 0.4) is 0 Å². The molecule has 5 heavy (non-hydrogen) atoms. The summed E-state index contributed by atoms with van der Waals surface area (Å²) in [5, 5.41) is 0. The fraction of sp³-hybridized carbons (Fsp3) is 1.00. The van der Waals surface area contributed by atoms with Crippen LogP contribution in [0.2, 0.25) is 0 Å². The van der Waals surface area contributed by atoms with E-state index >= 15 is 0 Å². The van der Waals surface area contributed by atoms with Gasteiger partial charge in [0.2, 0.25) is 0 Å². The smallest absolute Gasteiger partial charge is 0.0568 e. The molecule has 0 radical (unpaired) electrons. The van der Waals surface area contributed by atoms with Crippen molar-refractivity contribution in [1.29, 1.82) is 0 Å². The van der Waals surface area contributed by atoms with Gasteiger partial charge in [-0.2, -0.15) is 0 Å². The van der Waals surface area contributed by atoms with Crippen molar-refractivity contribution in [3.05, 3.63) is 0 Å². The van der Waals surface area contributed by atoms with Crippen molar-refractivity contribution in [3.63, 3.8) is 0 Å². The molecule has 1 heteroatoms. The number of hydrogen-bond donors (Lipinski definition) is 0. The molecule has 0 aromatic heterocycles. The first kappa shape index (κ1) is 3.16. The molecule has 0 aliphatic carbocycles. The number of hydrogen-bond acceptors (Lipinski definition) is 1. The van der Waals surface area contributed by atoms with E-state index in [0.29, 0.717) is 6.10 Å². The monoisotopic (exact) mass is 72.1 g/mol. The van der Waals surface area contributed by atoms with Gasteiger partial charge in [-0.3, -0.25) is 0 Å². The minimum Gasteiger partial charge on any atom is -0.378 e. The lowest BCUT2D eigenvalue weighted by atomic mass is 10.2. The average Bonchev–Trinajstić information content (AvgIpc) is 1.30. The molecule has 0 aromatic carbocycles. The minimum atomic E-state index is 0.565. The van der Waals surface area contributed by atoms with Gasteiger partial charge < -0.3 is 4.74 Å². The second-order valence-electron chi connectivity index (χ2n) is 1.47. The molecule has 1 nitrogen and oxygen atoms in total. The topological polar surface area (TPSA) is 9.23 Å². The first-order valence-corrected chi connectivity index (χ1v) is 2.01. The zero-order valence-electron chi connectivity index (χ0n) is 3.40. The van der Waals surface area contributed by atoms with E-state index in [-0.39, 0.29) is 0 Å². The van der Waals surface area contributed by atoms with Crippen LogP contribution in [0.4, 0.5) is 0 Å². The zero-order chi connectivity index (χ0) is 3.70. The fourth-order valence-electron chi connectivity index (χ4n) is 0.354. The molecule has 0 amide bonds. The van der Waals surface area contributed by atoms with Crippen molar-refractivity contribution in [2.45, 2.75) is 19.4 Å². The van der Waals surface area contributed by atoms with Crippen molar-refractivity contribution >= 4 is 0 Å². The molecule has 0 aromatic rings. The predicted molar refractivity (Wildman–Crippen MR) is 20.0 cm³/mol. The van der Waals surface area contributed by atoms with Crippen LogP contribution >= 0.6 is 0 Å². The molecule has 0 N–H and O–H groups in total. The molecule has 30 valence electrons. The Bertz CT molecular complexity index is 30.6. The molecular formula is C4H8O. The highest BCUT2D eigenvalue weighted by molar-refractivity contribution is 4.57. The van der Waals surface area contributed by atoms with Crippen LogP contribution in [0, 0.1) is 0 Å². The molecular weight excluding hydrogens is 64.0 g/mol. The van der Waals surface area contributed by atoms with Crippen molar-refractivity contribution in [2.24, 2.45) is 0 Å². The molecule has 1 aliphatic heterocycles. The highest BCUT2D eigenvalue weighted by Crippen LogP contribution is 2.07. The summed E-state index contributed by atoms with van der Waals surface area (Å²) in [6.45, 7) is 3.07. The van der Waals surface area contributed by atoms with Crippen LogP contribution in [-0.4, -0.2) is 12.7 Å². The van der Waals surface area contributed by atoms with Crippen LogP contribution in [0.15, 0.2) is 0 Å². The van der Waals surface area contributed by atoms with Gasteiger partial charge in [-0.05, 0) is 13.3 Å². The van der Waals surface area contributed by atoms with Gasteiger partial charge in [-0.15, -0.1) is 0 Å². The van der Waals surface area contributed by atoms with Crippen LogP contribution in [0.5, 0.6) is 0 Å². The van der Waals surface area contributed by atoms with Crippen molar-refractivity contribution in [2.75, 3.05) is 6.61 Å². The Labute approximate surface area is 31.9 Å². The molecule has 1 saturated heterocycles. The molecule has 1 rings (SSSR count). The first-order valence-electron chi connectivity index (χ1n) is 2.01. The van der Waals surface area contributed by atoms with Gasteiger partial charge in [-0.1, -0.05) is 0 Å². The highest BCUT2D eigenvalue weighted by atomic mass is 16.5. The summed E-state index contributed by atoms with van der Waals surface area (Å²) in [4.78, 5) is 0. The predicted octanol–water partition coefficient (Wildman–Crippen LogP) is 0.795. The van der Waals surface area contributed by atoms with Gasteiger partial charge in [0.05, 0.1) is 6.10 Å². The maximum atomic E-state index is 4.93. The molecule has 1 heterocycles. The normalized spacial score (nSPS) is 36.6. The van der Waals surface area contributed by atoms with Crippen LogP contribution in [0.25, 0.3) is 0 Å². The summed E-state index contributed by atoms with van der Waals surface area (Å²) in [5.74, 6) is 0. The summed E-state index contributed by atoms with van der Waals surface area (Å²) in [6, 6.07) is 0. The Morgan fingerprint density at radius 3 is 2.20 bits per heavy atom. The van der Waals surface area contributed by atoms with E-state index in [9.17, 15) is 0 Å². The third-order valence-electron chi connectivity index (χ3n) is 0.927. The van der Waals surface area contributed by atoms with Crippen molar-refractivity contribution in [1.82, 2.24) is 0 Å². The van der Waals surface area contributed by atoms with E-state index in [4.69, 9.17) is 4.74 Å². The maximum Gasteiger partial charge on any atom is 0.0568 e. The summed E-state index contributed by atoms with van der Waals surface area (Å²) in [6.07, 6.45) is 1.83. The van der Waals surface area contributed by atoms with Gasteiger partial charge >= 0.3 is 0 Å². The van der Waals surface area contributed by atoms with Gasteiger partial charge in [0.1, 0.15) is 0 Å². The molecule has 1 fully saturated rings. The van der Waals surface area contributed by atoms with Gasteiger partial charge in [0, 0.05) is 6.61 Å². The summed E-state index contributed by atoms with van der Waals surface area (Å²) in [7, 11) is 0. The lowest BCUT2D eigenvalue weighted by molar-refractivity contribution is -0.0375. The van der Waals surface area contributed by atoms with Gasteiger partial charge in [0.15, 0.2) is 0 Å². The lowest BCUT2D eigenvalue weighted by Crippen LogP contribution is -2.22. The molecule has 0 bridgehead atoms. The summed E-state index contributed by atoms with van der Waals surface area (Å²) in [5.41, 5.74) is 0. The van der Waals surface area contributed by atoms with E-state index in [1.54, 1.807) is 0 Å². The first-order chi connectivity index (χ1) is 2.39. The van der Waals surface area contributed by atoms with E-state index in [0.717, 1.165) is 6.61 Å². The molecule has 1 atom stereocenters. The molecule has 0 unspecified atom stereocenters. The third-order valence-corrected chi connectivity index (χ3v) is 0.927. The van der Waals surface area contributed by atoms with E-state index < -0.39 is 0 Å². The van der Waals surface area contributed by atoms with Crippen LogP contribution < -0.4 is 0 Å². The second-order valence-corrected chi connectivity index (χ2v) is 1.47. The van der Waals surface area contributed by atoms with Crippen molar-refractivity contribution < 1.29 is 4.74 Å². The lowest BCUT2D eigenvalue weighted by Gasteiger charge is -2.20. The second kappa shape index (κ2) is 0.977. The Morgan fingerprint density at radius 1 is 1.80 bits per heavy atom. The van der Waals surface area contributed by atoms with E-state index in [2.05, 4.69) is 6.92 Å². The maximum absolute atomic E-state index is 4.93. The molecule has 0 saturated carbocycles.